The largest absolute Gasteiger partial charge is 0.492 e. The Morgan fingerprint density at radius 2 is 1.80 bits per heavy atom. The number of aliphatic carboxylic acids is 1. The quantitative estimate of drug-likeness (QED) is 0.274. The number of amides is 1. The average molecular weight is 650 g/mol. The van der Waals surface area contributed by atoms with Crippen molar-refractivity contribution in [2.45, 2.75) is 43.0 Å². The summed E-state index contributed by atoms with van der Waals surface area (Å²) >= 11 is 9.56. The highest BCUT2D eigenvalue weighted by atomic mass is 79.9. The zero-order chi connectivity index (χ0) is 28.7. The summed E-state index contributed by atoms with van der Waals surface area (Å²) in [6, 6.07) is 18.7. The standard InChI is InChI=1S/C29H30BrClN2O6S/c30-23-10-12-27(26(31)17-23)40(37,38)33(13-14-39-25-11-9-21-7-4-8-22(21)16-25)19-28(34)32-24(18-29(35)36)15-20-5-2-1-3-6-20/h1-3,5-6,9-12,16-17,24H,4,7-8,13-15,18-19H2,(H,32,34)(H,35,36)/t24-/m0/s1. The summed E-state index contributed by atoms with van der Waals surface area (Å²) < 4.78 is 34.8. The minimum Gasteiger partial charge on any atom is -0.492 e. The molecule has 212 valence electrons. The van der Waals surface area contributed by atoms with Crippen LogP contribution in [0.4, 0.5) is 0 Å². The number of nitrogens with one attached hydrogen (secondary N) is 1. The first-order valence-electron chi connectivity index (χ1n) is 12.9. The first-order chi connectivity index (χ1) is 19.1. The monoisotopic (exact) mass is 648 g/mol. The molecule has 11 heteroatoms. The van der Waals surface area contributed by atoms with Crippen LogP contribution in [-0.4, -0.2) is 55.4 Å². The molecule has 3 aromatic rings. The third-order valence-electron chi connectivity index (χ3n) is 6.62. The van der Waals surface area contributed by atoms with Gasteiger partial charge in [-0.15, -0.1) is 0 Å². The predicted molar refractivity (Wildman–Crippen MR) is 156 cm³/mol. The van der Waals surface area contributed by atoms with Crippen molar-refractivity contribution < 1.29 is 27.9 Å². The van der Waals surface area contributed by atoms with Gasteiger partial charge in [-0.3, -0.25) is 9.59 Å². The van der Waals surface area contributed by atoms with Crippen molar-refractivity contribution >= 4 is 49.4 Å². The molecule has 3 aromatic carbocycles. The highest BCUT2D eigenvalue weighted by Gasteiger charge is 2.30. The number of hydrogen-bond donors (Lipinski definition) is 2. The van der Waals surface area contributed by atoms with Gasteiger partial charge in [0.25, 0.3) is 0 Å². The number of carboxylic acid groups (broad SMARTS) is 1. The van der Waals surface area contributed by atoms with Gasteiger partial charge in [-0.25, -0.2) is 8.42 Å². The lowest BCUT2D eigenvalue weighted by atomic mass is 10.0. The third-order valence-corrected chi connectivity index (χ3v) is 9.44. The summed E-state index contributed by atoms with van der Waals surface area (Å²) in [4.78, 5) is 24.4. The highest BCUT2D eigenvalue weighted by Crippen LogP contribution is 2.28. The van der Waals surface area contributed by atoms with Crippen LogP contribution in [-0.2, 0) is 38.9 Å². The molecule has 0 heterocycles. The van der Waals surface area contributed by atoms with Gasteiger partial charge in [0.1, 0.15) is 17.3 Å². The maximum atomic E-state index is 13.6. The Morgan fingerprint density at radius 3 is 2.52 bits per heavy atom. The van der Waals surface area contributed by atoms with Crippen molar-refractivity contribution in [1.82, 2.24) is 9.62 Å². The van der Waals surface area contributed by atoms with E-state index in [-0.39, 0.29) is 35.9 Å². The van der Waals surface area contributed by atoms with Gasteiger partial charge in [0, 0.05) is 17.1 Å². The maximum Gasteiger partial charge on any atom is 0.305 e. The van der Waals surface area contributed by atoms with Crippen molar-refractivity contribution in [2.75, 3.05) is 19.7 Å². The number of carbonyl (C=O) groups is 2. The molecule has 1 aliphatic rings. The molecule has 0 saturated heterocycles. The fourth-order valence-electron chi connectivity index (χ4n) is 4.73. The van der Waals surface area contributed by atoms with E-state index < -0.39 is 34.5 Å². The van der Waals surface area contributed by atoms with Crippen LogP contribution >= 0.6 is 27.5 Å². The second-order valence-corrected chi connectivity index (χ2v) is 12.8. The number of ether oxygens (including phenoxy) is 1. The van der Waals surface area contributed by atoms with Gasteiger partial charge in [-0.1, -0.05) is 63.9 Å². The van der Waals surface area contributed by atoms with E-state index in [1.807, 2.05) is 48.5 Å². The highest BCUT2D eigenvalue weighted by molar-refractivity contribution is 9.10. The van der Waals surface area contributed by atoms with Crippen LogP contribution in [0.5, 0.6) is 5.75 Å². The van der Waals surface area contributed by atoms with Crippen molar-refractivity contribution in [2.24, 2.45) is 0 Å². The molecule has 1 aliphatic carbocycles. The van der Waals surface area contributed by atoms with E-state index in [9.17, 15) is 23.1 Å². The minimum atomic E-state index is -4.20. The van der Waals surface area contributed by atoms with E-state index in [4.69, 9.17) is 16.3 Å². The minimum absolute atomic E-state index is 0.00200. The Morgan fingerprint density at radius 1 is 1.05 bits per heavy atom. The molecular weight excluding hydrogens is 620 g/mol. The molecule has 0 spiro atoms. The molecule has 1 atom stereocenters. The molecule has 0 saturated carbocycles. The number of hydrogen-bond acceptors (Lipinski definition) is 5. The number of aryl methyl sites for hydroxylation is 2. The van der Waals surface area contributed by atoms with Crippen LogP contribution in [0.1, 0.15) is 29.5 Å². The van der Waals surface area contributed by atoms with Crippen molar-refractivity contribution in [1.29, 1.82) is 0 Å². The zero-order valence-corrected chi connectivity index (χ0v) is 24.8. The van der Waals surface area contributed by atoms with E-state index in [2.05, 4.69) is 21.2 Å². The van der Waals surface area contributed by atoms with Crippen LogP contribution in [0.15, 0.2) is 76.1 Å². The van der Waals surface area contributed by atoms with Gasteiger partial charge in [-0.05, 0) is 72.7 Å². The second kappa shape index (κ2) is 13.6. The topological polar surface area (TPSA) is 113 Å². The number of carbonyl (C=O) groups excluding carboxylic acids is 1. The van der Waals surface area contributed by atoms with Gasteiger partial charge in [0.05, 0.1) is 18.0 Å². The summed E-state index contributed by atoms with van der Waals surface area (Å²) in [5, 5.41) is 12.1. The third kappa shape index (κ3) is 8.06. The first-order valence-corrected chi connectivity index (χ1v) is 15.5. The smallest absolute Gasteiger partial charge is 0.305 e. The zero-order valence-electron chi connectivity index (χ0n) is 21.7. The fraction of sp³-hybridized carbons (Fsp3) is 0.310. The maximum absolute atomic E-state index is 13.6. The Kier molecular flexibility index (Phi) is 10.2. The predicted octanol–water partition coefficient (Wildman–Crippen LogP) is 4.86. The lowest BCUT2D eigenvalue weighted by Gasteiger charge is -2.24. The number of halogens is 2. The molecule has 0 radical (unpaired) electrons. The summed E-state index contributed by atoms with van der Waals surface area (Å²) in [6.07, 6.45) is 3.09. The number of sulfonamides is 1. The number of carboxylic acids is 1. The molecule has 0 bridgehead atoms. The average Bonchev–Trinajstić information content (AvgIpc) is 3.36. The molecule has 8 nitrogen and oxygen atoms in total. The summed E-state index contributed by atoms with van der Waals surface area (Å²) in [7, 11) is -4.20. The van der Waals surface area contributed by atoms with Crippen LogP contribution in [0.25, 0.3) is 0 Å². The molecule has 2 N–H and O–H groups in total. The van der Waals surface area contributed by atoms with Crippen LogP contribution < -0.4 is 10.1 Å². The molecule has 1 amide bonds. The van der Waals surface area contributed by atoms with E-state index in [0.717, 1.165) is 29.1 Å². The normalized spacial score (nSPS) is 13.6. The Labute approximate surface area is 247 Å². The summed E-state index contributed by atoms with van der Waals surface area (Å²) in [6.45, 7) is -0.656. The summed E-state index contributed by atoms with van der Waals surface area (Å²) in [5.41, 5.74) is 3.37. The van der Waals surface area contributed by atoms with E-state index in [1.54, 1.807) is 6.07 Å². The van der Waals surface area contributed by atoms with Crippen molar-refractivity contribution in [3.63, 3.8) is 0 Å². The second-order valence-electron chi connectivity index (χ2n) is 9.60. The summed E-state index contributed by atoms with van der Waals surface area (Å²) in [5.74, 6) is -1.07. The SMILES string of the molecule is O=C(O)C[C@H](Cc1ccccc1)NC(=O)CN(CCOc1ccc2c(c1)CCC2)S(=O)(=O)c1ccc(Br)cc1Cl. The van der Waals surface area contributed by atoms with Crippen molar-refractivity contribution in [3.05, 3.63) is 92.9 Å². The molecule has 0 aromatic heterocycles. The van der Waals surface area contributed by atoms with Crippen molar-refractivity contribution in [3.8, 4) is 5.75 Å². The molecule has 40 heavy (non-hydrogen) atoms. The number of benzene rings is 3. The Hall–Kier alpha value is -2.92. The first kappa shape index (κ1) is 30.0. The van der Waals surface area contributed by atoms with Gasteiger partial charge >= 0.3 is 5.97 Å². The van der Waals surface area contributed by atoms with Gasteiger partial charge in [0.15, 0.2) is 0 Å². The van der Waals surface area contributed by atoms with E-state index >= 15 is 0 Å². The lowest BCUT2D eigenvalue weighted by Crippen LogP contribution is -2.46. The fourth-order valence-corrected chi connectivity index (χ4v) is 7.12. The van der Waals surface area contributed by atoms with Gasteiger partial charge in [-0.2, -0.15) is 4.31 Å². The van der Waals surface area contributed by atoms with Crippen LogP contribution in [0.3, 0.4) is 0 Å². The lowest BCUT2D eigenvalue weighted by molar-refractivity contribution is -0.137. The van der Waals surface area contributed by atoms with Crippen LogP contribution in [0.2, 0.25) is 5.02 Å². The number of fused-ring (bicyclic) bond motifs is 1. The molecule has 0 aliphatic heterocycles. The molecular formula is C29H30BrClN2O6S. The van der Waals surface area contributed by atoms with E-state index in [0.29, 0.717) is 10.2 Å². The van der Waals surface area contributed by atoms with Gasteiger partial charge in [0.2, 0.25) is 15.9 Å². The molecule has 0 fully saturated rings. The molecule has 0 unspecified atom stereocenters. The Bertz CT molecular complexity index is 1470. The van der Waals surface area contributed by atoms with Gasteiger partial charge < -0.3 is 15.2 Å². The molecule has 4 rings (SSSR count). The van der Waals surface area contributed by atoms with E-state index in [1.165, 1.54) is 23.3 Å². The number of rotatable bonds is 13. The van der Waals surface area contributed by atoms with Crippen LogP contribution in [0, 0.1) is 0 Å². The Balaban J connectivity index is 1.50. The number of nitrogens with zero attached hydrogens (tertiary/aromatic N) is 1.